The summed E-state index contributed by atoms with van der Waals surface area (Å²) < 4.78 is 29.8. The lowest BCUT2D eigenvalue weighted by Gasteiger charge is -2.27. The minimum Gasteiger partial charge on any atom is -0.493 e. The number of halogens is 1. The Morgan fingerprint density at radius 2 is 1.91 bits per heavy atom. The highest BCUT2D eigenvalue weighted by atomic mass is 32.1. The maximum atomic E-state index is 13.4. The molecule has 0 bridgehead atoms. The smallest absolute Gasteiger partial charge is 0.253 e. The van der Waals surface area contributed by atoms with Gasteiger partial charge in [-0.15, -0.1) is 0 Å². The summed E-state index contributed by atoms with van der Waals surface area (Å²) in [6.45, 7) is 2.05. The Morgan fingerprint density at radius 1 is 1.18 bits per heavy atom. The highest BCUT2D eigenvalue weighted by Crippen LogP contribution is 2.31. The van der Waals surface area contributed by atoms with E-state index in [1.807, 2.05) is 17.0 Å². The van der Waals surface area contributed by atoms with E-state index >= 15 is 0 Å². The molecule has 1 aliphatic rings. The molecule has 1 aliphatic heterocycles. The van der Waals surface area contributed by atoms with E-state index in [4.69, 9.17) is 26.4 Å². The molecule has 1 atom stereocenters. The van der Waals surface area contributed by atoms with Gasteiger partial charge in [0.25, 0.3) is 5.56 Å². The minimum atomic E-state index is -0.301. The lowest BCUT2D eigenvalue weighted by Crippen LogP contribution is -2.42. The molecule has 180 valence electrons. The van der Waals surface area contributed by atoms with Crippen molar-refractivity contribution >= 4 is 28.2 Å². The van der Waals surface area contributed by atoms with Gasteiger partial charge in [0.2, 0.25) is 0 Å². The first-order valence-corrected chi connectivity index (χ1v) is 11.5. The molecule has 7 nitrogen and oxygen atoms in total. The van der Waals surface area contributed by atoms with Crippen LogP contribution in [0.3, 0.4) is 0 Å². The Hall–Kier alpha value is -3.17. The molecule has 2 N–H and O–H groups in total. The van der Waals surface area contributed by atoms with Crippen molar-refractivity contribution in [3.8, 4) is 11.5 Å². The van der Waals surface area contributed by atoms with Gasteiger partial charge in [0.1, 0.15) is 5.82 Å². The first-order valence-electron chi connectivity index (χ1n) is 11.1. The maximum absolute atomic E-state index is 13.4. The third-order valence-electron chi connectivity index (χ3n) is 5.87. The number of thiocarbonyl (C=S) groups is 1. The van der Waals surface area contributed by atoms with E-state index in [-0.39, 0.29) is 24.0 Å². The molecule has 0 spiro atoms. The van der Waals surface area contributed by atoms with Gasteiger partial charge in [0.05, 0.1) is 32.4 Å². The van der Waals surface area contributed by atoms with Crippen LogP contribution in [-0.2, 0) is 17.8 Å². The maximum Gasteiger partial charge on any atom is 0.253 e. The predicted octanol–water partition coefficient (Wildman–Crippen LogP) is 3.74. The highest BCUT2D eigenvalue weighted by molar-refractivity contribution is 7.80. The standard InChI is InChI=1S/C25H28FN3O4S/c1-31-22-11-17-10-18(24(30)28-21(17)12-23(22)32-2)15-29(14-16-5-7-19(26)8-6-16)25(34)27-13-20-4-3-9-33-20/h5-8,10-12,20H,3-4,9,13-15H2,1-2H3,(H,27,34)(H,28,30). The van der Waals surface area contributed by atoms with Crippen molar-refractivity contribution in [1.29, 1.82) is 0 Å². The van der Waals surface area contributed by atoms with Gasteiger partial charge in [0.15, 0.2) is 16.6 Å². The van der Waals surface area contributed by atoms with E-state index in [1.165, 1.54) is 12.1 Å². The highest BCUT2D eigenvalue weighted by Gasteiger charge is 2.19. The SMILES string of the molecule is COc1cc2cc(CN(Cc3ccc(F)cc3)C(=S)NCC3CCCO3)c(=O)[nH]c2cc1OC. The third kappa shape index (κ3) is 5.66. The van der Waals surface area contributed by atoms with Crippen LogP contribution in [0.1, 0.15) is 24.0 Å². The van der Waals surface area contributed by atoms with Crippen molar-refractivity contribution in [2.24, 2.45) is 0 Å². The van der Waals surface area contributed by atoms with Crippen molar-refractivity contribution in [1.82, 2.24) is 15.2 Å². The molecule has 2 heterocycles. The van der Waals surface area contributed by atoms with Crippen LogP contribution < -0.4 is 20.3 Å². The van der Waals surface area contributed by atoms with Crippen molar-refractivity contribution in [3.05, 3.63) is 69.8 Å². The Labute approximate surface area is 202 Å². The monoisotopic (exact) mass is 485 g/mol. The topological polar surface area (TPSA) is 75.8 Å². The molecule has 1 fully saturated rings. The van der Waals surface area contributed by atoms with Gasteiger partial charge in [-0.05, 0) is 54.9 Å². The lowest BCUT2D eigenvalue weighted by atomic mass is 10.1. The molecular formula is C25H28FN3O4S. The van der Waals surface area contributed by atoms with Gasteiger partial charge in [0, 0.05) is 36.7 Å². The summed E-state index contributed by atoms with van der Waals surface area (Å²) in [6, 6.07) is 11.7. The van der Waals surface area contributed by atoms with E-state index in [9.17, 15) is 9.18 Å². The number of methoxy groups -OCH3 is 2. The Bertz CT molecular complexity index is 1210. The predicted molar refractivity (Wildman–Crippen MR) is 133 cm³/mol. The summed E-state index contributed by atoms with van der Waals surface area (Å²) in [6.07, 6.45) is 2.15. The molecule has 1 unspecified atom stereocenters. The molecular weight excluding hydrogens is 457 g/mol. The second-order valence-corrected chi connectivity index (χ2v) is 8.61. The average Bonchev–Trinajstić information content (AvgIpc) is 3.36. The number of benzene rings is 2. The van der Waals surface area contributed by atoms with Gasteiger partial charge in [-0.25, -0.2) is 4.39 Å². The Balaban J connectivity index is 1.60. The summed E-state index contributed by atoms with van der Waals surface area (Å²) in [5.74, 6) is 0.811. The Kier molecular flexibility index (Phi) is 7.64. The number of H-pyrrole nitrogens is 1. The van der Waals surface area contributed by atoms with Gasteiger partial charge in [-0.1, -0.05) is 12.1 Å². The third-order valence-corrected chi connectivity index (χ3v) is 6.27. The summed E-state index contributed by atoms with van der Waals surface area (Å²) in [4.78, 5) is 17.7. The normalized spacial score (nSPS) is 15.3. The number of nitrogens with zero attached hydrogens (tertiary/aromatic N) is 1. The van der Waals surface area contributed by atoms with Crippen LogP contribution in [0.15, 0.2) is 47.3 Å². The lowest BCUT2D eigenvalue weighted by molar-refractivity contribution is 0.113. The van der Waals surface area contributed by atoms with Crippen LogP contribution in [0.25, 0.3) is 10.9 Å². The zero-order valence-corrected chi connectivity index (χ0v) is 20.0. The van der Waals surface area contributed by atoms with Crippen molar-refractivity contribution < 1.29 is 18.6 Å². The Morgan fingerprint density at radius 3 is 2.59 bits per heavy atom. The molecule has 1 saturated heterocycles. The van der Waals surface area contributed by atoms with Gasteiger partial charge < -0.3 is 29.4 Å². The number of hydrogen-bond donors (Lipinski definition) is 2. The average molecular weight is 486 g/mol. The van der Waals surface area contributed by atoms with Gasteiger partial charge in [-0.2, -0.15) is 0 Å². The number of aromatic nitrogens is 1. The first kappa shape index (κ1) is 24.0. The molecule has 0 saturated carbocycles. The van der Waals surface area contributed by atoms with Crippen LogP contribution in [0.4, 0.5) is 4.39 Å². The van der Waals surface area contributed by atoms with Crippen molar-refractivity contribution in [3.63, 3.8) is 0 Å². The van der Waals surface area contributed by atoms with E-state index < -0.39 is 0 Å². The second kappa shape index (κ2) is 10.8. The molecule has 9 heteroatoms. The largest absolute Gasteiger partial charge is 0.493 e. The fraction of sp³-hybridized carbons (Fsp3) is 0.360. The molecule has 2 aromatic carbocycles. The van der Waals surface area contributed by atoms with Crippen LogP contribution in [-0.4, -0.2) is 48.5 Å². The number of fused-ring (bicyclic) bond motifs is 1. The van der Waals surface area contributed by atoms with Crippen LogP contribution in [0.2, 0.25) is 0 Å². The fourth-order valence-corrected chi connectivity index (χ4v) is 4.24. The molecule has 0 aliphatic carbocycles. The van der Waals surface area contributed by atoms with E-state index in [0.29, 0.717) is 40.8 Å². The minimum absolute atomic E-state index is 0.122. The number of ether oxygens (including phenoxy) is 3. The van der Waals surface area contributed by atoms with E-state index in [1.54, 1.807) is 32.4 Å². The van der Waals surface area contributed by atoms with Crippen LogP contribution in [0.5, 0.6) is 11.5 Å². The zero-order chi connectivity index (χ0) is 24.1. The molecule has 4 rings (SSSR count). The quantitative estimate of drug-likeness (QED) is 0.471. The molecule has 1 aromatic heterocycles. The van der Waals surface area contributed by atoms with Gasteiger partial charge >= 0.3 is 0 Å². The summed E-state index contributed by atoms with van der Waals surface area (Å²) in [5.41, 5.74) is 1.86. The summed E-state index contributed by atoms with van der Waals surface area (Å²) in [7, 11) is 3.12. The van der Waals surface area contributed by atoms with Crippen LogP contribution in [0, 0.1) is 5.82 Å². The second-order valence-electron chi connectivity index (χ2n) is 8.22. The molecule has 34 heavy (non-hydrogen) atoms. The summed E-state index contributed by atoms with van der Waals surface area (Å²) in [5, 5.41) is 4.59. The number of nitrogens with one attached hydrogen (secondary N) is 2. The van der Waals surface area contributed by atoms with E-state index in [0.717, 1.165) is 30.4 Å². The number of hydrogen-bond acceptors (Lipinski definition) is 5. The van der Waals surface area contributed by atoms with Gasteiger partial charge in [-0.3, -0.25) is 4.79 Å². The molecule has 0 radical (unpaired) electrons. The molecule has 3 aromatic rings. The fourth-order valence-electron chi connectivity index (χ4n) is 4.03. The zero-order valence-electron chi connectivity index (χ0n) is 19.2. The van der Waals surface area contributed by atoms with Crippen molar-refractivity contribution in [2.75, 3.05) is 27.4 Å². The number of rotatable bonds is 8. The summed E-state index contributed by atoms with van der Waals surface area (Å²) >= 11 is 5.68. The first-order chi connectivity index (χ1) is 16.5. The number of aromatic amines is 1. The van der Waals surface area contributed by atoms with Crippen molar-refractivity contribution in [2.45, 2.75) is 32.0 Å². The number of pyridine rings is 1. The molecule has 0 amide bonds. The van der Waals surface area contributed by atoms with Crippen LogP contribution >= 0.6 is 12.2 Å². The van der Waals surface area contributed by atoms with E-state index in [2.05, 4.69) is 10.3 Å².